The van der Waals surface area contributed by atoms with Gasteiger partial charge in [0.15, 0.2) is 0 Å². The Morgan fingerprint density at radius 1 is 0.769 bits per heavy atom. The van der Waals surface area contributed by atoms with Crippen LogP contribution in [-0.2, 0) is 23.5 Å². The van der Waals surface area contributed by atoms with Crippen molar-refractivity contribution in [2.75, 3.05) is 14.1 Å². The first-order valence-electron chi connectivity index (χ1n) is 12.2. The van der Waals surface area contributed by atoms with E-state index in [9.17, 15) is 8.42 Å². The molecule has 0 bridgehead atoms. The molecule has 0 heterocycles. The number of benzene rings is 4. The fraction of sp³-hybridized carbons (Fsp3) is 0.167. The standard InChI is InChI=1S/C18H15P.C12H17NO3S.2ClH.Ru/c1-4-10-16(11-5-1)19(17-12-6-2-7-13-17)18-14-8-3-9-15-18;1-9(2)16-12-7-6-11(8-10(12)3)17(14,15)13(4)5;;;/h1-15H;3,6-9H,1-2,4-5H3;2*1H;/q;;;;+2/p-1. The van der Waals surface area contributed by atoms with Crippen LogP contribution < -0.4 is 20.7 Å². The average Bonchev–Trinajstić information content (AvgIpc) is 2.91. The molecule has 4 nitrogen and oxygen atoms in total. The van der Waals surface area contributed by atoms with Crippen LogP contribution in [0.4, 0.5) is 0 Å². The molecule has 0 atom stereocenters. The Morgan fingerprint density at radius 3 is 1.56 bits per heavy atom. The summed E-state index contributed by atoms with van der Waals surface area (Å²) in [6.45, 7) is 3.79. The maximum absolute atomic E-state index is 12.1. The number of hydrogen-bond acceptors (Lipinski definition) is 3. The summed E-state index contributed by atoms with van der Waals surface area (Å²) in [6, 6.07) is 37.2. The molecule has 4 rings (SSSR count). The van der Waals surface area contributed by atoms with Crippen LogP contribution in [0.3, 0.4) is 0 Å². The van der Waals surface area contributed by atoms with E-state index in [4.69, 9.17) is 24.1 Å². The third kappa shape index (κ3) is 9.32. The maximum Gasteiger partial charge on any atom is 0.102 e. The van der Waals surface area contributed by atoms with Gasteiger partial charge in [0.05, 0.1) is 7.92 Å². The van der Waals surface area contributed by atoms with E-state index in [-0.39, 0.29) is 11.0 Å². The molecule has 0 N–H and O–H groups in total. The molecule has 0 amide bonds. The van der Waals surface area contributed by atoms with E-state index in [1.807, 2.05) is 13.8 Å². The first kappa shape index (κ1) is 31.6. The van der Waals surface area contributed by atoms with Gasteiger partial charge in [0.1, 0.15) is 15.9 Å². The largest absolute Gasteiger partial charge is 0.102 e. The SMILES string of the molecule is CC(C)Oc1ccc(S(=O)(=O)N(C)C)cc1[CH]=[Ru]([Cl])[Cl].c1ccc([PH+](c2ccccc2)c2ccccc2)cc1. The Bertz CT molecular complexity index is 1370. The molecule has 0 saturated carbocycles. The second-order valence-corrected chi connectivity index (χ2v) is 19.3. The van der Waals surface area contributed by atoms with Gasteiger partial charge in [-0.2, -0.15) is 0 Å². The van der Waals surface area contributed by atoms with Crippen LogP contribution in [0.1, 0.15) is 19.4 Å². The summed E-state index contributed by atoms with van der Waals surface area (Å²) < 4.78 is 32.7. The molecule has 0 saturated heterocycles. The molecule has 4 aromatic rings. The molecule has 4 aromatic carbocycles. The van der Waals surface area contributed by atoms with E-state index in [0.717, 1.165) is 4.31 Å². The van der Waals surface area contributed by atoms with Crippen LogP contribution in [0, 0.1) is 0 Å². The summed E-state index contributed by atoms with van der Waals surface area (Å²) in [5.41, 5.74) is 0.616. The molecule has 0 aliphatic carbocycles. The van der Waals surface area contributed by atoms with Gasteiger partial charge < -0.3 is 0 Å². The van der Waals surface area contributed by atoms with Crippen molar-refractivity contribution in [3.05, 3.63) is 115 Å². The maximum atomic E-state index is 12.1. The van der Waals surface area contributed by atoms with Gasteiger partial charge in [-0.1, -0.05) is 54.6 Å². The predicted octanol–water partition coefficient (Wildman–Crippen LogP) is 5.98. The number of sulfonamides is 1. The first-order valence-corrected chi connectivity index (χ1v) is 20.6. The molecule has 0 unspecified atom stereocenters. The number of ether oxygens (including phenoxy) is 1. The molecule has 0 fully saturated rings. The van der Waals surface area contributed by atoms with Gasteiger partial charge in [0, 0.05) is 0 Å². The van der Waals surface area contributed by atoms with Crippen molar-refractivity contribution in [3.8, 4) is 5.75 Å². The van der Waals surface area contributed by atoms with Gasteiger partial charge in [0.2, 0.25) is 0 Å². The zero-order valence-electron chi connectivity index (χ0n) is 22.2. The zero-order chi connectivity index (χ0) is 28.4. The number of rotatable bonds is 8. The number of halogens is 2. The second-order valence-electron chi connectivity index (χ2n) is 8.93. The van der Waals surface area contributed by atoms with E-state index in [0.29, 0.717) is 11.3 Å². The minimum Gasteiger partial charge on any atom is -0.0620 e. The average molecular weight is 691 g/mol. The van der Waals surface area contributed by atoms with Crippen molar-refractivity contribution in [2.24, 2.45) is 0 Å². The zero-order valence-corrected chi connectivity index (χ0v) is 27.3. The fourth-order valence-corrected chi connectivity index (χ4v) is 9.04. The van der Waals surface area contributed by atoms with Crippen LogP contribution in [0.2, 0.25) is 0 Å². The summed E-state index contributed by atoms with van der Waals surface area (Å²) in [6.07, 6.45) is -0.0234. The molecule has 208 valence electrons. The normalized spacial score (nSPS) is 11.7. The topological polar surface area (TPSA) is 46.6 Å². The van der Waals surface area contributed by atoms with Gasteiger partial charge in [-0.3, -0.25) is 0 Å². The van der Waals surface area contributed by atoms with E-state index in [1.165, 1.54) is 36.1 Å². The van der Waals surface area contributed by atoms with E-state index in [2.05, 4.69) is 91.0 Å². The van der Waals surface area contributed by atoms with Crippen LogP contribution >= 0.6 is 27.3 Å². The van der Waals surface area contributed by atoms with Crippen molar-refractivity contribution in [1.29, 1.82) is 0 Å². The third-order valence-corrected chi connectivity index (χ3v) is 11.9. The fourth-order valence-electron chi connectivity index (χ4n) is 3.74. The molecular formula is C30H33Cl2NO3PRuS+. The van der Waals surface area contributed by atoms with E-state index >= 15 is 0 Å². The van der Waals surface area contributed by atoms with Crippen LogP contribution in [-0.4, -0.2) is 37.5 Å². The molecule has 39 heavy (non-hydrogen) atoms. The van der Waals surface area contributed by atoms with Crippen LogP contribution in [0.25, 0.3) is 0 Å². The molecule has 0 aromatic heterocycles. The summed E-state index contributed by atoms with van der Waals surface area (Å²) >= 11 is -2.08. The molecule has 0 radical (unpaired) electrons. The summed E-state index contributed by atoms with van der Waals surface area (Å²) in [5, 5.41) is 4.31. The van der Waals surface area contributed by atoms with Crippen molar-refractivity contribution in [3.63, 3.8) is 0 Å². The molecule has 9 heteroatoms. The predicted molar refractivity (Wildman–Crippen MR) is 166 cm³/mol. The van der Waals surface area contributed by atoms with Gasteiger partial charge in [-0.25, -0.2) is 0 Å². The third-order valence-electron chi connectivity index (χ3n) is 5.50. The van der Waals surface area contributed by atoms with Crippen molar-refractivity contribution >= 4 is 57.8 Å². The van der Waals surface area contributed by atoms with Crippen LogP contribution in [0.15, 0.2) is 114 Å². The van der Waals surface area contributed by atoms with Gasteiger partial charge in [0.25, 0.3) is 0 Å². The van der Waals surface area contributed by atoms with Crippen molar-refractivity contribution in [2.45, 2.75) is 24.8 Å². The minimum atomic E-state index is -3.49. The van der Waals surface area contributed by atoms with Gasteiger partial charge in [-0.05, 0) is 36.4 Å². The quantitative estimate of drug-likeness (QED) is 0.169. The molecule has 0 aliphatic heterocycles. The van der Waals surface area contributed by atoms with E-state index < -0.39 is 31.5 Å². The van der Waals surface area contributed by atoms with Gasteiger partial charge in [-0.15, -0.1) is 0 Å². The molecule has 0 spiro atoms. The Morgan fingerprint density at radius 2 is 1.21 bits per heavy atom. The molecular weight excluding hydrogens is 657 g/mol. The summed E-state index contributed by atoms with van der Waals surface area (Å²) in [7, 11) is 10.4. The smallest absolute Gasteiger partial charge is 0.0620 e. The Labute approximate surface area is 246 Å². The summed E-state index contributed by atoms with van der Waals surface area (Å²) in [5.74, 6) is 0.581. The monoisotopic (exact) mass is 690 g/mol. The molecule has 0 aliphatic rings. The minimum absolute atomic E-state index is 0.0234. The number of hydrogen-bond donors (Lipinski definition) is 0. The Hall–Kier alpha value is -1.91. The first-order chi connectivity index (χ1) is 18.6. The van der Waals surface area contributed by atoms with E-state index in [1.54, 1.807) is 16.7 Å². The summed E-state index contributed by atoms with van der Waals surface area (Å²) in [4.78, 5) is 0.189. The Kier molecular flexibility index (Phi) is 12.3. The van der Waals surface area contributed by atoms with Gasteiger partial charge >= 0.3 is 133 Å². The second kappa shape index (κ2) is 15.2. The Balaban J connectivity index is 0.000000216. The van der Waals surface area contributed by atoms with Crippen molar-refractivity contribution in [1.82, 2.24) is 4.31 Å². The number of nitrogens with zero attached hydrogens (tertiary/aromatic N) is 1. The van der Waals surface area contributed by atoms with Crippen molar-refractivity contribution < 1.29 is 26.7 Å². The van der Waals surface area contributed by atoms with Crippen LogP contribution in [0.5, 0.6) is 5.75 Å².